The van der Waals surface area contributed by atoms with Crippen molar-refractivity contribution in [1.82, 2.24) is 0 Å². The first-order valence-corrected chi connectivity index (χ1v) is 5.22. The van der Waals surface area contributed by atoms with Crippen LogP contribution in [-0.2, 0) is 0 Å². The van der Waals surface area contributed by atoms with Crippen molar-refractivity contribution in [2.45, 2.75) is 47.0 Å². The molecular weight excluding hydrogens is 144 g/mol. The standard InChI is InChI=1S/C12H20/c1-5-12-8-10(11(12,3)4)7-6-9(12)2/h6,10H,5,7-8H2,1-4H3. The lowest BCUT2D eigenvalue weighted by atomic mass is 9.39. The van der Waals surface area contributed by atoms with Crippen LogP contribution < -0.4 is 0 Å². The summed E-state index contributed by atoms with van der Waals surface area (Å²) in [4.78, 5) is 0. The summed E-state index contributed by atoms with van der Waals surface area (Å²) in [5.41, 5.74) is 2.83. The van der Waals surface area contributed by atoms with Gasteiger partial charge in [0.25, 0.3) is 0 Å². The molecule has 3 aliphatic rings. The van der Waals surface area contributed by atoms with E-state index < -0.39 is 0 Å². The molecule has 3 rings (SSSR count). The summed E-state index contributed by atoms with van der Waals surface area (Å²) in [5.74, 6) is 0.973. The van der Waals surface area contributed by atoms with Crippen molar-refractivity contribution in [2.24, 2.45) is 16.7 Å². The summed E-state index contributed by atoms with van der Waals surface area (Å²) in [6.45, 7) is 9.60. The zero-order valence-electron chi connectivity index (χ0n) is 8.78. The van der Waals surface area contributed by atoms with Crippen molar-refractivity contribution in [2.75, 3.05) is 0 Å². The third-order valence-electron chi connectivity index (χ3n) is 4.92. The van der Waals surface area contributed by atoms with Crippen molar-refractivity contribution >= 4 is 0 Å². The molecule has 0 N–H and O–H groups in total. The Morgan fingerprint density at radius 1 is 1.50 bits per heavy atom. The van der Waals surface area contributed by atoms with Crippen LogP contribution >= 0.6 is 0 Å². The maximum absolute atomic E-state index is 2.48. The van der Waals surface area contributed by atoms with E-state index in [4.69, 9.17) is 0 Å². The summed E-state index contributed by atoms with van der Waals surface area (Å²) in [6.07, 6.45) is 6.60. The largest absolute Gasteiger partial charge is 0.0847 e. The minimum atomic E-state index is 0.579. The second kappa shape index (κ2) is 2.16. The first-order valence-electron chi connectivity index (χ1n) is 5.22. The Hall–Kier alpha value is -0.260. The Morgan fingerprint density at radius 2 is 2.17 bits per heavy atom. The van der Waals surface area contributed by atoms with E-state index in [-0.39, 0.29) is 0 Å². The second-order valence-corrected chi connectivity index (χ2v) is 5.18. The van der Waals surface area contributed by atoms with E-state index in [0.717, 1.165) is 5.92 Å². The molecule has 1 saturated carbocycles. The van der Waals surface area contributed by atoms with Gasteiger partial charge in [0.05, 0.1) is 0 Å². The zero-order chi connectivity index (χ0) is 8.98. The quantitative estimate of drug-likeness (QED) is 0.517. The number of hydrogen-bond acceptors (Lipinski definition) is 0. The fraction of sp³-hybridized carbons (Fsp3) is 0.833. The second-order valence-electron chi connectivity index (χ2n) is 5.18. The average Bonchev–Trinajstić information content (AvgIpc) is 2.04. The van der Waals surface area contributed by atoms with Crippen molar-refractivity contribution in [3.8, 4) is 0 Å². The molecule has 0 radical (unpaired) electrons. The maximum atomic E-state index is 2.48. The number of hydrogen-bond donors (Lipinski definition) is 0. The molecule has 0 spiro atoms. The van der Waals surface area contributed by atoms with Crippen molar-refractivity contribution in [3.63, 3.8) is 0 Å². The normalized spacial score (nSPS) is 43.3. The molecule has 2 unspecified atom stereocenters. The van der Waals surface area contributed by atoms with Gasteiger partial charge in [-0.15, -0.1) is 0 Å². The van der Waals surface area contributed by atoms with Gasteiger partial charge < -0.3 is 0 Å². The Bertz CT molecular complexity index is 234. The van der Waals surface area contributed by atoms with Crippen LogP contribution in [0, 0.1) is 16.7 Å². The van der Waals surface area contributed by atoms with Gasteiger partial charge in [-0.05, 0) is 42.9 Å². The van der Waals surface area contributed by atoms with E-state index in [1.54, 1.807) is 5.57 Å². The fourth-order valence-electron chi connectivity index (χ4n) is 3.64. The Labute approximate surface area is 76.1 Å². The topological polar surface area (TPSA) is 0 Å². The molecule has 68 valence electrons. The molecular formula is C12H20. The van der Waals surface area contributed by atoms with Crippen molar-refractivity contribution in [3.05, 3.63) is 11.6 Å². The molecule has 0 nitrogen and oxygen atoms in total. The summed E-state index contributed by atoms with van der Waals surface area (Å²) in [6, 6.07) is 0. The lowest BCUT2D eigenvalue weighted by molar-refractivity contribution is -0.105. The average molecular weight is 164 g/mol. The first-order chi connectivity index (χ1) is 5.54. The highest BCUT2D eigenvalue weighted by Gasteiger charge is 2.60. The molecule has 0 heteroatoms. The molecule has 2 bridgehead atoms. The first kappa shape index (κ1) is 8.34. The molecule has 0 amide bonds. The molecule has 2 atom stereocenters. The van der Waals surface area contributed by atoms with E-state index >= 15 is 0 Å². The predicted octanol–water partition coefficient (Wildman–Crippen LogP) is 3.78. The van der Waals surface area contributed by atoms with Crippen LogP contribution in [0.3, 0.4) is 0 Å². The van der Waals surface area contributed by atoms with Crippen LogP contribution in [0.5, 0.6) is 0 Å². The predicted molar refractivity (Wildman–Crippen MR) is 53.0 cm³/mol. The fourth-order valence-corrected chi connectivity index (χ4v) is 3.64. The van der Waals surface area contributed by atoms with Gasteiger partial charge in [-0.2, -0.15) is 0 Å². The summed E-state index contributed by atoms with van der Waals surface area (Å²) in [5, 5.41) is 0. The van der Waals surface area contributed by atoms with E-state index in [1.807, 2.05) is 0 Å². The number of rotatable bonds is 1. The van der Waals surface area contributed by atoms with Crippen LogP contribution in [0.2, 0.25) is 0 Å². The van der Waals surface area contributed by atoms with Gasteiger partial charge in [-0.1, -0.05) is 32.4 Å². The van der Waals surface area contributed by atoms with Crippen LogP contribution in [0.15, 0.2) is 11.6 Å². The summed E-state index contributed by atoms with van der Waals surface area (Å²) >= 11 is 0. The van der Waals surface area contributed by atoms with Gasteiger partial charge in [0.1, 0.15) is 0 Å². The minimum Gasteiger partial charge on any atom is -0.0847 e. The number of fused-ring (bicyclic) bond motifs is 1. The smallest absolute Gasteiger partial charge is 0.00367 e. The molecule has 0 aromatic heterocycles. The van der Waals surface area contributed by atoms with Gasteiger partial charge in [0, 0.05) is 0 Å². The lowest BCUT2D eigenvalue weighted by Crippen LogP contribution is -2.57. The molecule has 0 heterocycles. The third-order valence-corrected chi connectivity index (χ3v) is 4.92. The van der Waals surface area contributed by atoms with E-state index in [1.165, 1.54) is 19.3 Å². The molecule has 0 saturated heterocycles. The summed E-state index contributed by atoms with van der Waals surface area (Å²) < 4.78 is 0. The van der Waals surface area contributed by atoms with Crippen molar-refractivity contribution < 1.29 is 0 Å². The van der Waals surface area contributed by atoms with Crippen molar-refractivity contribution in [1.29, 1.82) is 0 Å². The Kier molecular flexibility index (Phi) is 1.50. The molecule has 0 aromatic carbocycles. The molecule has 0 aliphatic heterocycles. The van der Waals surface area contributed by atoms with Gasteiger partial charge >= 0.3 is 0 Å². The highest BCUT2D eigenvalue weighted by molar-refractivity contribution is 5.29. The third kappa shape index (κ3) is 0.654. The van der Waals surface area contributed by atoms with Crippen LogP contribution in [-0.4, -0.2) is 0 Å². The van der Waals surface area contributed by atoms with Crippen LogP contribution in [0.1, 0.15) is 47.0 Å². The zero-order valence-corrected chi connectivity index (χ0v) is 8.78. The van der Waals surface area contributed by atoms with Crippen LogP contribution in [0.25, 0.3) is 0 Å². The van der Waals surface area contributed by atoms with Gasteiger partial charge in [-0.3, -0.25) is 0 Å². The monoisotopic (exact) mass is 164 g/mol. The molecule has 0 aromatic rings. The minimum absolute atomic E-state index is 0.579. The highest BCUT2D eigenvalue weighted by atomic mass is 14.6. The highest BCUT2D eigenvalue weighted by Crippen LogP contribution is 2.69. The lowest BCUT2D eigenvalue weighted by Gasteiger charge is -2.65. The SMILES string of the molecule is CCC12CC(CC=C1C)C2(C)C. The molecule has 1 fully saturated rings. The number of allylic oxidation sites excluding steroid dienone is 2. The van der Waals surface area contributed by atoms with E-state index in [0.29, 0.717) is 10.8 Å². The summed E-state index contributed by atoms with van der Waals surface area (Å²) in [7, 11) is 0. The van der Waals surface area contributed by atoms with E-state index in [9.17, 15) is 0 Å². The van der Waals surface area contributed by atoms with Gasteiger partial charge in [-0.25, -0.2) is 0 Å². The Morgan fingerprint density at radius 3 is 2.50 bits per heavy atom. The molecule has 12 heavy (non-hydrogen) atoms. The van der Waals surface area contributed by atoms with Crippen LogP contribution in [0.4, 0.5) is 0 Å². The molecule has 3 aliphatic carbocycles. The Balaban J connectivity index is 2.41. The maximum Gasteiger partial charge on any atom is -0.00367 e. The van der Waals surface area contributed by atoms with E-state index in [2.05, 4.69) is 33.8 Å². The van der Waals surface area contributed by atoms with Gasteiger partial charge in [0.15, 0.2) is 0 Å². The van der Waals surface area contributed by atoms with Gasteiger partial charge in [0.2, 0.25) is 0 Å².